The Balaban J connectivity index is 1.20. The Labute approximate surface area is 229 Å². The summed E-state index contributed by atoms with van der Waals surface area (Å²) in [5.74, 6) is 0.944. The fourth-order valence-electron chi connectivity index (χ4n) is 4.40. The summed E-state index contributed by atoms with van der Waals surface area (Å²) in [7, 11) is 1.62. The van der Waals surface area contributed by atoms with Gasteiger partial charge in [0.25, 0.3) is 5.91 Å². The molecule has 10 heteroatoms. The molecule has 1 aliphatic heterocycles. The molecule has 37 heavy (non-hydrogen) atoms. The highest BCUT2D eigenvalue weighted by Gasteiger charge is 2.32. The van der Waals surface area contributed by atoms with Crippen LogP contribution in [0.25, 0.3) is 16.3 Å². The average molecular weight is 554 g/mol. The highest BCUT2D eigenvalue weighted by atomic mass is 32.2. The van der Waals surface area contributed by atoms with Crippen LogP contribution >= 0.6 is 35.3 Å². The first-order chi connectivity index (χ1) is 18.0. The Morgan fingerprint density at radius 2 is 2.00 bits per heavy atom. The second-order valence-corrected chi connectivity index (χ2v) is 11.6. The van der Waals surface area contributed by atoms with Gasteiger partial charge in [-0.15, -0.1) is 0 Å². The van der Waals surface area contributed by atoms with Crippen LogP contribution in [0, 0.1) is 0 Å². The molecule has 0 unspecified atom stereocenters. The molecule has 0 atom stereocenters. The van der Waals surface area contributed by atoms with Crippen molar-refractivity contribution in [3.05, 3.63) is 52.9 Å². The molecule has 5 rings (SSSR count). The lowest BCUT2D eigenvalue weighted by molar-refractivity contribution is -0.122. The van der Waals surface area contributed by atoms with Crippen molar-refractivity contribution in [2.24, 2.45) is 0 Å². The summed E-state index contributed by atoms with van der Waals surface area (Å²) in [6.07, 6.45) is 7.91. The van der Waals surface area contributed by atoms with Crippen molar-refractivity contribution >= 4 is 72.9 Å². The van der Waals surface area contributed by atoms with E-state index in [9.17, 15) is 9.59 Å². The number of carbonyl (C=O) groups is 2. The third-order valence-electron chi connectivity index (χ3n) is 6.31. The van der Waals surface area contributed by atoms with Gasteiger partial charge in [0.05, 0.1) is 28.3 Å². The van der Waals surface area contributed by atoms with E-state index in [-0.39, 0.29) is 30.9 Å². The van der Waals surface area contributed by atoms with Gasteiger partial charge in [-0.1, -0.05) is 59.9 Å². The van der Waals surface area contributed by atoms with Crippen LogP contribution < -0.4 is 14.8 Å². The number of thioether (sulfide) groups is 1. The number of hydrogen-bond donors (Lipinski definition) is 1. The molecule has 2 aromatic carbocycles. The molecule has 2 amide bonds. The zero-order valence-electron chi connectivity index (χ0n) is 20.4. The van der Waals surface area contributed by atoms with Crippen molar-refractivity contribution in [1.29, 1.82) is 0 Å². The lowest BCUT2D eigenvalue weighted by Crippen LogP contribution is -2.31. The molecule has 2 heterocycles. The Morgan fingerprint density at radius 3 is 2.78 bits per heavy atom. The van der Waals surface area contributed by atoms with E-state index in [1.807, 2.05) is 42.5 Å². The Morgan fingerprint density at radius 1 is 1.19 bits per heavy atom. The molecule has 0 radical (unpaired) electrons. The molecule has 1 saturated heterocycles. The van der Waals surface area contributed by atoms with Crippen molar-refractivity contribution in [2.75, 3.05) is 19.0 Å². The van der Waals surface area contributed by atoms with Gasteiger partial charge in [-0.3, -0.25) is 14.5 Å². The normalized spacial score (nSPS) is 17.5. The van der Waals surface area contributed by atoms with Crippen LogP contribution in [0.4, 0.5) is 5.13 Å². The summed E-state index contributed by atoms with van der Waals surface area (Å²) in [6.45, 7) is 0.205. The number of fused-ring (bicyclic) bond motifs is 1. The SMILES string of the molecule is COc1cc(/C=C2\SC(=S)N(CCC(=O)Nc3nc4ccccc4s3)C2=O)ccc1OC1CCCCC1. The van der Waals surface area contributed by atoms with E-state index in [4.69, 9.17) is 21.7 Å². The summed E-state index contributed by atoms with van der Waals surface area (Å²) in [4.78, 5) is 32.0. The van der Waals surface area contributed by atoms with Gasteiger partial charge in [-0.25, -0.2) is 4.98 Å². The van der Waals surface area contributed by atoms with Gasteiger partial charge in [0.2, 0.25) is 5.91 Å². The van der Waals surface area contributed by atoms with Crippen molar-refractivity contribution in [1.82, 2.24) is 9.88 Å². The minimum Gasteiger partial charge on any atom is -0.493 e. The molecule has 1 aromatic heterocycles. The van der Waals surface area contributed by atoms with Crippen molar-refractivity contribution in [3.63, 3.8) is 0 Å². The smallest absolute Gasteiger partial charge is 0.266 e. The van der Waals surface area contributed by atoms with E-state index in [1.165, 1.54) is 47.3 Å². The van der Waals surface area contributed by atoms with E-state index in [0.717, 1.165) is 34.4 Å². The molecule has 1 aliphatic carbocycles. The quantitative estimate of drug-likeness (QED) is 0.261. The van der Waals surface area contributed by atoms with Crippen molar-refractivity contribution in [2.45, 2.75) is 44.6 Å². The monoisotopic (exact) mass is 553 g/mol. The number of aromatic nitrogens is 1. The number of anilines is 1. The number of methoxy groups -OCH3 is 1. The number of nitrogens with one attached hydrogen (secondary N) is 1. The molecule has 0 spiro atoms. The number of thiocarbonyl (C=S) groups is 1. The Hall–Kier alpha value is -2.95. The van der Waals surface area contributed by atoms with E-state index in [0.29, 0.717) is 20.1 Å². The van der Waals surface area contributed by atoms with Gasteiger partial charge in [0.15, 0.2) is 16.6 Å². The van der Waals surface area contributed by atoms with E-state index in [2.05, 4.69) is 10.3 Å². The number of nitrogens with zero attached hydrogens (tertiary/aromatic N) is 2. The van der Waals surface area contributed by atoms with E-state index in [1.54, 1.807) is 13.2 Å². The molecular weight excluding hydrogens is 527 g/mol. The third kappa shape index (κ3) is 6.14. The lowest BCUT2D eigenvalue weighted by Gasteiger charge is -2.24. The van der Waals surface area contributed by atoms with E-state index < -0.39 is 0 Å². The third-order valence-corrected chi connectivity index (χ3v) is 8.64. The number of thiazole rings is 1. The van der Waals surface area contributed by atoms with Gasteiger partial charge in [-0.05, 0) is 61.6 Å². The van der Waals surface area contributed by atoms with Crippen LogP contribution in [0.5, 0.6) is 11.5 Å². The number of carbonyl (C=O) groups excluding carboxylic acids is 2. The largest absolute Gasteiger partial charge is 0.493 e. The highest BCUT2D eigenvalue weighted by molar-refractivity contribution is 8.26. The minimum atomic E-state index is -0.213. The van der Waals surface area contributed by atoms with Gasteiger partial charge >= 0.3 is 0 Å². The zero-order chi connectivity index (χ0) is 25.8. The van der Waals surface area contributed by atoms with Crippen molar-refractivity contribution < 1.29 is 19.1 Å². The summed E-state index contributed by atoms with van der Waals surface area (Å²) >= 11 is 8.09. The summed E-state index contributed by atoms with van der Waals surface area (Å²) in [6, 6.07) is 13.4. The molecule has 2 fully saturated rings. The maximum atomic E-state index is 13.0. The maximum Gasteiger partial charge on any atom is 0.266 e. The highest BCUT2D eigenvalue weighted by Crippen LogP contribution is 2.36. The fourth-order valence-corrected chi connectivity index (χ4v) is 6.59. The Bertz CT molecular complexity index is 1330. The molecule has 0 bridgehead atoms. The number of hydrogen-bond acceptors (Lipinski definition) is 8. The molecule has 2 aliphatic rings. The minimum absolute atomic E-state index is 0.122. The first-order valence-corrected chi connectivity index (χ1v) is 14.3. The number of amides is 2. The van der Waals surface area contributed by atoms with Crippen LogP contribution in [-0.2, 0) is 9.59 Å². The van der Waals surface area contributed by atoms with Crippen LogP contribution in [0.3, 0.4) is 0 Å². The fraction of sp³-hybridized carbons (Fsp3) is 0.333. The predicted molar refractivity (Wildman–Crippen MR) is 153 cm³/mol. The summed E-state index contributed by atoms with van der Waals surface area (Å²) in [5, 5.41) is 3.37. The average Bonchev–Trinajstić information content (AvgIpc) is 3.43. The summed E-state index contributed by atoms with van der Waals surface area (Å²) < 4.78 is 13.2. The second kappa shape index (κ2) is 11.6. The zero-order valence-corrected chi connectivity index (χ0v) is 22.8. The number of ether oxygens (including phenoxy) is 2. The standard InChI is InChI=1S/C27H27N3O4S3/c1-33-21-15-17(11-12-20(21)34-18-7-3-2-4-8-18)16-23-25(32)30(27(35)37-23)14-13-24(31)29-26-28-19-9-5-6-10-22(19)36-26/h5-6,9-12,15-16,18H,2-4,7-8,13-14H2,1H3,(H,28,29,31)/b23-16-. The predicted octanol–water partition coefficient (Wildman–Crippen LogP) is 6.25. The molecule has 7 nitrogen and oxygen atoms in total. The van der Waals surface area contributed by atoms with E-state index >= 15 is 0 Å². The van der Waals surface area contributed by atoms with Gasteiger partial charge < -0.3 is 14.8 Å². The Kier molecular flexibility index (Phi) is 8.07. The van der Waals surface area contributed by atoms with Crippen LogP contribution in [-0.4, -0.2) is 45.8 Å². The molecular formula is C27H27N3O4S3. The number of benzene rings is 2. The topological polar surface area (TPSA) is 80.8 Å². The first kappa shape index (κ1) is 25.7. The van der Waals surface area contributed by atoms with Gasteiger partial charge in [0.1, 0.15) is 4.32 Å². The maximum absolute atomic E-state index is 13.0. The van der Waals surface area contributed by atoms with Crippen LogP contribution in [0.2, 0.25) is 0 Å². The van der Waals surface area contributed by atoms with Gasteiger partial charge in [-0.2, -0.15) is 0 Å². The molecule has 1 saturated carbocycles. The second-order valence-electron chi connectivity index (χ2n) is 8.91. The number of para-hydroxylation sites is 1. The first-order valence-electron chi connectivity index (χ1n) is 12.3. The molecule has 192 valence electrons. The van der Waals surface area contributed by atoms with Crippen LogP contribution in [0.1, 0.15) is 44.1 Å². The van der Waals surface area contributed by atoms with Crippen LogP contribution in [0.15, 0.2) is 47.4 Å². The molecule has 3 aromatic rings. The van der Waals surface area contributed by atoms with Crippen molar-refractivity contribution in [3.8, 4) is 11.5 Å². The van der Waals surface area contributed by atoms with Gasteiger partial charge in [0, 0.05) is 13.0 Å². The summed E-state index contributed by atoms with van der Waals surface area (Å²) in [5.41, 5.74) is 1.66. The lowest BCUT2D eigenvalue weighted by atomic mass is 9.98. The molecule has 1 N–H and O–H groups in total. The number of rotatable bonds is 8.